The molecule has 19 heavy (non-hydrogen) atoms. The largest absolute Gasteiger partial charge is 0.460 e. The van der Waals surface area contributed by atoms with Crippen molar-refractivity contribution in [2.45, 2.75) is 26.9 Å². The number of non-ortho nitro benzene ring substituents is 1. The lowest BCUT2D eigenvalue weighted by Gasteiger charge is -2.21. The van der Waals surface area contributed by atoms with Crippen LogP contribution in [0.3, 0.4) is 0 Å². The molecule has 1 rings (SSSR count). The summed E-state index contributed by atoms with van der Waals surface area (Å²) < 4.78 is 5.20. The highest BCUT2D eigenvalue weighted by Crippen LogP contribution is 2.24. The molecule has 5 nitrogen and oxygen atoms in total. The molecule has 0 aliphatic heterocycles. The molecular weight excluding hydrogens is 246 g/mol. The number of esters is 1. The monoisotopic (exact) mass is 263 g/mol. The lowest BCUT2D eigenvalue weighted by Crippen LogP contribution is -2.26. The molecule has 1 aromatic carbocycles. The molecule has 1 aromatic rings. The highest BCUT2D eigenvalue weighted by Gasteiger charge is 2.29. The molecule has 0 aliphatic carbocycles. The van der Waals surface area contributed by atoms with Gasteiger partial charge in [-0.15, -0.1) is 6.58 Å². The molecule has 0 saturated heterocycles. The van der Waals surface area contributed by atoms with Crippen LogP contribution in [-0.4, -0.2) is 10.9 Å². The first-order valence-electron chi connectivity index (χ1n) is 5.97. The number of ether oxygens (including phenoxy) is 1. The second kappa shape index (κ2) is 6.13. The average molecular weight is 263 g/mol. The van der Waals surface area contributed by atoms with Crippen LogP contribution >= 0.6 is 0 Å². The van der Waals surface area contributed by atoms with Gasteiger partial charge in [0.1, 0.15) is 6.61 Å². The molecule has 0 aromatic heterocycles. The molecule has 5 heteroatoms. The Hall–Kier alpha value is -2.17. The summed E-state index contributed by atoms with van der Waals surface area (Å²) in [7, 11) is 0. The van der Waals surface area contributed by atoms with E-state index in [0.717, 1.165) is 0 Å². The Labute approximate surface area is 112 Å². The van der Waals surface area contributed by atoms with Crippen LogP contribution in [0, 0.1) is 15.5 Å². The average Bonchev–Trinajstić information content (AvgIpc) is 2.44. The first-order chi connectivity index (χ1) is 8.92. The molecule has 0 fully saturated rings. The molecule has 0 bridgehead atoms. The zero-order valence-electron chi connectivity index (χ0n) is 11.1. The van der Waals surface area contributed by atoms with Gasteiger partial charge in [0.2, 0.25) is 0 Å². The summed E-state index contributed by atoms with van der Waals surface area (Å²) in [6.45, 7) is 7.38. The van der Waals surface area contributed by atoms with Gasteiger partial charge in [0, 0.05) is 12.1 Å². The van der Waals surface area contributed by atoms with Crippen molar-refractivity contribution >= 4 is 11.7 Å². The highest BCUT2D eigenvalue weighted by atomic mass is 16.6. The summed E-state index contributed by atoms with van der Waals surface area (Å²) in [5.74, 6) is -0.344. The Balaban J connectivity index is 2.64. The van der Waals surface area contributed by atoms with E-state index >= 15 is 0 Å². The number of nitro groups is 1. The third-order valence-electron chi connectivity index (χ3n) is 3.17. The van der Waals surface area contributed by atoms with Crippen molar-refractivity contribution in [1.29, 1.82) is 0 Å². The number of nitro benzene ring substituents is 1. The van der Waals surface area contributed by atoms with Gasteiger partial charge in [0.05, 0.1) is 10.3 Å². The number of nitrogens with zero attached hydrogens (tertiary/aromatic N) is 1. The maximum Gasteiger partial charge on any atom is 0.315 e. The van der Waals surface area contributed by atoms with Crippen molar-refractivity contribution in [2.24, 2.45) is 5.41 Å². The number of benzene rings is 1. The van der Waals surface area contributed by atoms with E-state index in [1.165, 1.54) is 12.1 Å². The van der Waals surface area contributed by atoms with Crippen molar-refractivity contribution < 1.29 is 14.5 Å². The van der Waals surface area contributed by atoms with Gasteiger partial charge < -0.3 is 4.74 Å². The van der Waals surface area contributed by atoms with Crippen LogP contribution in [-0.2, 0) is 16.1 Å². The van der Waals surface area contributed by atoms with E-state index < -0.39 is 10.3 Å². The summed E-state index contributed by atoms with van der Waals surface area (Å²) in [6, 6.07) is 5.91. The zero-order valence-corrected chi connectivity index (χ0v) is 11.1. The third-order valence-corrected chi connectivity index (χ3v) is 3.17. The van der Waals surface area contributed by atoms with Gasteiger partial charge >= 0.3 is 5.97 Å². The molecule has 0 amide bonds. The Morgan fingerprint density at radius 3 is 2.47 bits per heavy atom. The molecule has 0 heterocycles. The van der Waals surface area contributed by atoms with Crippen LogP contribution in [0.5, 0.6) is 0 Å². The summed E-state index contributed by atoms with van der Waals surface area (Å²) in [6.07, 6.45) is 2.18. The zero-order chi connectivity index (χ0) is 14.5. The SMILES string of the molecule is C=CC(C)(CC)C(=O)OCc1ccc([N+](=O)[O-])cc1. The van der Waals surface area contributed by atoms with Crippen molar-refractivity contribution in [2.75, 3.05) is 0 Å². The first-order valence-corrected chi connectivity index (χ1v) is 5.97. The number of rotatable bonds is 6. The van der Waals surface area contributed by atoms with Crippen LogP contribution in [0.1, 0.15) is 25.8 Å². The minimum Gasteiger partial charge on any atom is -0.460 e. The number of hydrogen-bond acceptors (Lipinski definition) is 4. The van der Waals surface area contributed by atoms with E-state index in [1.807, 2.05) is 6.92 Å². The van der Waals surface area contributed by atoms with Crippen molar-refractivity contribution in [3.05, 3.63) is 52.6 Å². The smallest absolute Gasteiger partial charge is 0.315 e. The van der Waals surface area contributed by atoms with Crippen LogP contribution < -0.4 is 0 Å². The van der Waals surface area contributed by atoms with Gasteiger partial charge in [-0.05, 0) is 31.0 Å². The fourth-order valence-electron chi connectivity index (χ4n) is 1.40. The highest BCUT2D eigenvalue weighted by molar-refractivity contribution is 5.78. The molecule has 0 spiro atoms. The van der Waals surface area contributed by atoms with Crippen LogP contribution in [0.2, 0.25) is 0 Å². The molecule has 0 radical (unpaired) electrons. The van der Waals surface area contributed by atoms with Gasteiger partial charge in [-0.2, -0.15) is 0 Å². The second-order valence-corrected chi connectivity index (χ2v) is 4.47. The van der Waals surface area contributed by atoms with Gasteiger partial charge in [-0.1, -0.05) is 13.0 Å². The third kappa shape index (κ3) is 3.64. The first kappa shape index (κ1) is 14.9. The summed E-state index contributed by atoms with van der Waals surface area (Å²) in [5, 5.41) is 10.5. The quantitative estimate of drug-likeness (QED) is 0.342. The Morgan fingerprint density at radius 2 is 2.05 bits per heavy atom. The standard InChI is InChI=1S/C14H17NO4/c1-4-14(3,5-2)13(16)19-10-11-6-8-12(9-7-11)15(17)18/h4,6-9H,1,5,10H2,2-3H3. The summed E-state index contributed by atoms with van der Waals surface area (Å²) >= 11 is 0. The number of carbonyl (C=O) groups excluding carboxylic acids is 1. The van der Waals surface area contributed by atoms with Crippen molar-refractivity contribution in [3.8, 4) is 0 Å². The normalized spacial score (nSPS) is 13.4. The minimum atomic E-state index is -0.694. The van der Waals surface area contributed by atoms with Crippen molar-refractivity contribution in [1.82, 2.24) is 0 Å². The Bertz CT molecular complexity index is 481. The van der Waals surface area contributed by atoms with Crippen LogP contribution in [0.25, 0.3) is 0 Å². The lowest BCUT2D eigenvalue weighted by atomic mass is 9.88. The van der Waals surface area contributed by atoms with E-state index in [4.69, 9.17) is 4.74 Å². The molecule has 0 aliphatic rings. The van der Waals surface area contributed by atoms with E-state index in [2.05, 4.69) is 6.58 Å². The molecule has 102 valence electrons. The van der Waals surface area contributed by atoms with Gasteiger partial charge in [-0.3, -0.25) is 14.9 Å². The molecule has 0 saturated carbocycles. The van der Waals surface area contributed by atoms with E-state index in [-0.39, 0.29) is 18.3 Å². The van der Waals surface area contributed by atoms with Crippen molar-refractivity contribution in [3.63, 3.8) is 0 Å². The summed E-state index contributed by atoms with van der Waals surface area (Å²) in [4.78, 5) is 21.9. The predicted octanol–water partition coefficient (Wildman–Crippen LogP) is 3.24. The van der Waals surface area contributed by atoms with Crippen LogP contribution in [0.15, 0.2) is 36.9 Å². The molecular formula is C14H17NO4. The lowest BCUT2D eigenvalue weighted by molar-refractivity contribution is -0.384. The second-order valence-electron chi connectivity index (χ2n) is 4.47. The molecule has 1 atom stereocenters. The van der Waals surface area contributed by atoms with E-state index in [1.54, 1.807) is 25.1 Å². The van der Waals surface area contributed by atoms with Gasteiger partial charge in [0.25, 0.3) is 5.69 Å². The van der Waals surface area contributed by atoms with Crippen LogP contribution in [0.4, 0.5) is 5.69 Å². The fourth-order valence-corrected chi connectivity index (χ4v) is 1.40. The fraction of sp³-hybridized carbons (Fsp3) is 0.357. The summed E-state index contributed by atoms with van der Waals surface area (Å²) in [5.41, 5.74) is 0.0295. The van der Waals surface area contributed by atoms with E-state index in [0.29, 0.717) is 12.0 Å². The van der Waals surface area contributed by atoms with E-state index in [9.17, 15) is 14.9 Å². The minimum absolute atomic E-state index is 0.0135. The van der Waals surface area contributed by atoms with Gasteiger partial charge in [-0.25, -0.2) is 0 Å². The number of carbonyl (C=O) groups is 1. The topological polar surface area (TPSA) is 69.4 Å². The molecule has 0 N–H and O–H groups in total. The van der Waals surface area contributed by atoms with Gasteiger partial charge in [0.15, 0.2) is 0 Å². The maximum absolute atomic E-state index is 11.9. The predicted molar refractivity (Wildman–Crippen MR) is 71.5 cm³/mol. The Kier molecular flexibility index (Phi) is 4.80. The Morgan fingerprint density at radius 1 is 1.47 bits per heavy atom. The number of hydrogen-bond donors (Lipinski definition) is 0. The maximum atomic E-state index is 11.9. The molecule has 1 unspecified atom stereocenters.